The molecule has 32 heavy (non-hydrogen) atoms. The van der Waals surface area contributed by atoms with E-state index in [0.29, 0.717) is 22.8 Å². The molecule has 4 rings (SSSR count). The van der Waals surface area contributed by atoms with E-state index in [9.17, 15) is 4.79 Å². The van der Waals surface area contributed by atoms with Gasteiger partial charge in [0.1, 0.15) is 5.75 Å². The zero-order valence-electron chi connectivity index (χ0n) is 16.9. The lowest BCUT2D eigenvalue weighted by Crippen LogP contribution is -2.20. The number of ether oxygens (including phenoxy) is 1. The number of benzene rings is 2. The fourth-order valence-corrected chi connectivity index (χ4v) is 3.68. The highest BCUT2D eigenvalue weighted by molar-refractivity contribution is 7.98. The van der Waals surface area contributed by atoms with Gasteiger partial charge in [-0.2, -0.15) is 9.78 Å². The van der Waals surface area contributed by atoms with Gasteiger partial charge in [0, 0.05) is 16.2 Å². The Morgan fingerprint density at radius 2 is 2.00 bits per heavy atom. The van der Waals surface area contributed by atoms with Gasteiger partial charge in [0.25, 0.3) is 5.91 Å². The van der Waals surface area contributed by atoms with Crippen LogP contribution in [0.15, 0.2) is 69.2 Å². The average Bonchev–Trinajstić information content (AvgIpc) is 3.44. The third-order valence-electron chi connectivity index (χ3n) is 4.30. The second kappa shape index (κ2) is 9.75. The van der Waals surface area contributed by atoms with Crippen LogP contribution in [0.1, 0.15) is 21.7 Å². The van der Waals surface area contributed by atoms with Gasteiger partial charge in [0.15, 0.2) is 5.69 Å². The number of anilines is 1. The van der Waals surface area contributed by atoms with Gasteiger partial charge < -0.3 is 10.5 Å². The number of carbonyl (C=O) groups is 1. The summed E-state index contributed by atoms with van der Waals surface area (Å²) in [4.78, 5) is 13.8. The normalized spacial score (nSPS) is 11.0. The van der Waals surface area contributed by atoms with E-state index in [1.165, 1.54) is 22.7 Å². The average molecular weight is 450 g/mol. The van der Waals surface area contributed by atoms with Gasteiger partial charge in [-0.15, -0.1) is 16.9 Å². The molecule has 2 heterocycles. The van der Waals surface area contributed by atoms with Crippen LogP contribution in [0.4, 0.5) is 5.82 Å². The van der Waals surface area contributed by atoms with Crippen LogP contribution in [0.3, 0.4) is 0 Å². The first kappa shape index (κ1) is 21.1. The minimum atomic E-state index is -0.541. The predicted octanol–water partition coefficient (Wildman–Crippen LogP) is 2.30. The number of methoxy groups -OCH3 is 1. The number of amides is 1. The Labute approximate surface area is 186 Å². The molecule has 0 fully saturated rings. The number of nitrogens with two attached hydrogens (primary N) is 1. The number of rotatable bonds is 8. The molecule has 3 N–H and O–H groups in total. The van der Waals surface area contributed by atoms with E-state index in [0.717, 1.165) is 4.90 Å². The van der Waals surface area contributed by atoms with Crippen LogP contribution in [-0.2, 0) is 5.75 Å². The molecule has 11 nitrogen and oxygen atoms in total. The van der Waals surface area contributed by atoms with Crippen molar-refractivity contribution >= 4 is 29.7 Å². The van der Waals surface area contributed by atoms with E-state index >= 15 is 0 Å². The Morgan fingerprint density at radius 3 is 2.75 bits per heavy atom. The minimum absolute atomic E-state index is 0.0296. The SMILES string of the molecule is COc1ccccc1C=NNC(=O)c1nnn(-c2nonc2N)c1CSc1ccccc1. The summed E-state index contributed by atoms with van der Waals surface area (Å²) in [6, 6.07) is 17.0. The van der Waals surface area contributed by atoms with Crippen LogP contribution < -0.4 is 15.9 Å². The molecular formula is C20H18N8O3S. The Bertz CT molecular complexity index is 1240. The van der Waals surface area contributed by atoms with E-state index in [4.69, 9.17) is 10.5 Å². The maximum atomic E-state index is 12.8. The monoisotopic (exact) mass is 450 g/mol. The number of nitrogens with zero attached hydrogens (tertiary/aromatic N) is 6. The van der Waals surface area contributed by atoms with Crippen molar-refractivity contribution in [2.24, 2.45) is 5.10 Å². The first-order chi connectivity index (χ1) is 15.7. The second-order valence-electron chi connectivity index (χ2n) is 6.31. The zero-order valence-corrected chi connectivity index (χ0v) is 17.7. The number of hydrogen-bond acceptors (Lipinski definition) is 10. The van der Waals surface area contributed by atoms with Gasteiger partial charge in [-0.1, -0.05) is 35.5 Å². The smallest absolute Gasteiger partial charge is 0.293 e. The molecule has 0 spiro atoms. The summed E-state index contributed by atoms with van der Waals surface area (Å²) in [7, 11) is 1.56. The number of carbonyl (C=O) groups excluding carboxylic acids is 1. The van der Waals surface area contributed by atoms with Crippen molar-refractivity contribution in [1.29, 1.82) is 0 Å². The highest BCUT2D eigenvalue weighted by Crippen LogP contribution is 2.25. The number of hydrazone groups is 1. The fourth-order valence-electron chi connectivity index (χ4n) is 2.77. The summed E-state index contributed by atoms with van der Waals surface area (Å²) < 4.78 is 11.3. The highest BCUT2D eigenvalue weighted by atomic mass is 32.2. The quantitative estimate of drug-likeness (QED) is 0.234. The van der Waals surface area contributed by atoms with E-state index < -0.39 is 5.91 Å². The third kappa shape index (κ3) is 4.59. The van der Waals surface area contributed by atoms with Crippen LogP contribution in [0.5, 0.6) is 5.75 Å². The first-order valence-electron chi connectivity index (χ1n) is 9.34. The Kier molecular flexibility index (Phi) is 6.41. The van der Waals surface area contributed by atoms with Crippen molar-refractivity contribution in [2.75, 3.05) is 12.8 Å². The number of hydrogen-bond donors (Lipinski definition) is 2. The third-order valence-corrected chi connectivity index (χ3v) is 5.33. The number of aromatic nitrogens is 5. The maximum Gasteiger partial charge on any atom is 0.293 e. The lowest BCUT2D eigenvalue weighted by Gasteiger charge is -2.06. The largest absolute Gasteiger partial charge is 0.496 e. The van der Waals surface area contributed by atoms with E-state index in [2.05, 4.69) is 35.8 Å². The summed E-state index contributed by atoms with van der Waals surface area (Å²) >= 11 is 1.50. The van der Waals surface area contributed by atoms with Crippen molar-refractivity contribution < 1.29 is 14.2 Å². The molecule has 0 unspecified atom stereocenters. The molecule has 0 saturated carbocycles. The Morgan fingerprint density at radius 1 is 1.22 bits per heavy atom. The summed E-state index contributed by atoms with van der Waals surface area (Å²) in [6.45, 7) is 0. The molecule has 0 bridgehead atoms. The van der Waals surface area contributed by atoms with Gasteiger partial charge >= 0.3 is 0 Å². The molecule has 2 aromatic heterocycles. The van der Waals surface area contributed by atoms with Crippen molar-refractivity contribution in [3.8, 4) is 11.6 Å². The summed E-state index contributed by atoms with van der Waals surface area (Å²) in [5, 5.41) is 19.4. The molecular weight excluding hydrogens is 432 g/mol. The lowest BCUT2D eigenvalue weighted by molar-refractivity contribution is 0.0949. The number of thioether (sulfide) groups is 1. The van der Waals surface area contributed by atoms with Crippen molar-refractivity contribution in [3.63, 3.8) is 0 Å². The van der Waals surface area contributed by atoms with E-state index in [1.807, 2.05) is 48.5 Å². The van der Waals surface area contributed by atoms with Crippen molar-refractivity contribution in [2.45, 2.75) is 10.6 Å². The molecule has 0 aliphatic carbocycles. The maximum absolute atomic E-state index is 12.8. The molecule has 12 heteroatoms. The summed E-state index contributed by atoms with van der Waals surface area (Å²) in [5.41, 5.74) is 9.53. The van der Waals surface area contributed by atoms with Crippen LogP contribution in [0.2, 0.25) is 0 Å². The van der Waals surface area contributed by atoms with Crippen molar-refractivity contribution in [1.82, 2.24) is 30.7 Å². The first-order valence-corrected chi connectivity index (χ1v) is 10.3. The Balaban J connectivity index is 1.58. The van der Waals surface area contributed by atoms with Crippen LogP contribution in [0.25, 0.3) is 5.82 Å². The van der Waals surface area contributed by atoms with Gasteiger partial charge in [0.05, 0.1) is 19.0 Å². The molecule has 0 atom stereocenters. The number of para-hydroxylation sites is 1. The molecule has 0 aliphatic rings. The zero-order chi connectivity index (χ0) is 22.3. The van der Waals surface area contributed by atoms with E-state index in [1.54, 1.807) is 13.2 Å². The topological polar surface area (TPSA) is 146 Å². The predicted molar refractivity (Wildman–Crippen MR) is 118 cm³/mol. The summed E-state index contributed by atoms with van der Waals surface area (Å²) in [6.07, 6.45) is 1.49. The molecule has 162 valence electrons. The molecule has 0 saturated heterocycles. The van der Waals surface area contributed by atoms with Gasteiger partial charge in [-0.25, -0.2) is 10.1 Å². The molecule has 4 aromatic rings. The Hall–Kier alpha value is -4.19. The van der Waals surface area contributed by atoms with Crippen LogP contribution in [-0.4, -0.2) is 44.5 Å². The summed E-state index contributed by atoms with van der Waals surface area (Å²) in [5.74, 6) is 0.633. The minimum Gasteiger partial charge on any atom is -0.496 e. The van der Waals surface area contributed by atoms with Gasteiger partial charge in [0.2, 0.25) is 11.6 Å². The molecule has 0 aliphatic heterocycles. The lowest BCUT2D eigenvalue weighted by atomic mass is 10.2. The highest BCUT2D eigenvalue weighted by Gasteiger charge is 2.24. The molecule has 2 aromatic carbocycles. The van der Waals surface area contributed by atoms with Crippen LogP contribution >= 0.6 is 11.8 Å². The number of nitrogens with one attached hydrogen (secondary N) is 1. The van der Waals surface area contributed by atoms with Crippen LogP contribution in [0, 0.1) is 0 Å². The van der Waals surface area contributed by atoms with Gasteiger partial charge in [-0.3, -0.25) is 4.79 Å². The van der Waals surface area contributed by atoms with Crippen molar-refractivity contribution in [3.05, 3.63) is 71.5 Å². The molecule has 1 amide bonds. The standard InChI is InChI=1S/C20H18N8O3S/c1-30-16-10-6-5-7-13(16)11-22-24-20(29)17-15(12-32-14-8-3-2-4-9-14)28(27-23-17)19-18(21)25-31-26-19/h2-11H,12H2,1H3,(H2,21,25)(H,24,29). The van der Waals surface area contributed by atoms with E-state index in [-0.39, 0.29) is 17.3 Å². The molecule has 0 radical (unpaired) electrons. The fraction of sp³-hybridized carbons (Fsp3) is 0.100. The van der Waals surface area contributed by atoms with Gasteiger partial charge in [-0.05, 0) is 34.6 Å². The number of nitrogen functional groups attached to an aromatic ring is 1. The second-order valence-corrected chi connectivity index (χ2v) is 7.36.